The van der Waals surface area contributed by atoms with Crippen molar-refractivity contribution >= 4 is 21.4 Å². The number of anilines is 1. The summed E-state index contributed by atoms with van der Waals surface area (Å²) in [4.78, 5) is 12.1. The van der Waals surface area contributed by atoms with Crippen molar-refractivity contribution in [3.63, 3.8) is 0 Å². The Morgan fingerprint density at radius 3 is 2.32 bits per heavy atom. The largest absolute Gasteiger partial charge is 0.324 e. The van der Waals surface area contributed by atoms with Crippen molar-refractivity contribution in [3.8, 4) is 0 Å². The lowest BCUT2D eigenvalue weighted by molar-refractivity contribution is -0.117. The maximum atomic E-state index is 12.1. The standard InChI is InChI=1S/C13H20N2O3S/c1-9(14)10-7-5-6-8-11(10)15-12(16)13(2,3)19(4,17)18/h5-9H,14H2,1-4H3,(H,15,16). The van der Waals surface area contributed by atoms with Gasteiger partial charge in [0.05, 0.1) is 0 Å². The summed E-state index contributed by atoms with van der Waals surface area (Å²) in [6.07, 6.45) is 1.05. The molecule has 3 N–H and O–H groups in total. The fourth-order valence-corrected chi connectivity index (χ4v) is 1.84. The molecule has 0 fully saturated rings. The van der Waals surface area contributed by atoms with E-state index in [1.54, 1.807) is 25.1 Å². The first-order chi connectivity index (χ1) is 8.57. The van der Waals surface area contributed by atoms with E-state index < -0.39 is 20.5 Å². The molecule has 0 spiro atoms. The fraction of sp³-hybridized carbons (Fsp3) is 0.462. The molecule has 0 heterocycles. The molecule has 1 rings (SSSR count). The van der Waals surface area contributed by atoms with Gasteiger partial charge in [-0.2, -0.15) is 0 Å². The molecule has 6 heteroatoms. The summed E-state index contributed by atoms with van der Waals surface area (Å²) in [6, 6.07) is 6.83. The van der Waals surface area contributed by atoms with Crippen molar-refractivity contribution in [2.24, 2.45) is 5.73 Å². The summed E-state index contributed by atoms with van der Waals surface area (Å²) < 4.78 is 21.7. The number of rotatable bonds is 4. The van der Waals surface area contributed by atoms with E-state index in [-0.39, 0.29) is 6.04 Å². The Labute approximate surface area is 114 Å². The third-order valence-electron chi connectivity index (χ3n) is 3.17. The van der Waals surface area contributed by atoms with Crippen molar-refractivity contribution in [3.05, 3.63) is 29.8 Å². The van der Waals surface area contributed by atoms with E-state index in [0.717, 1.165) is 11.8 Å². The first-order valence-corrected chi connectivity index (χ1v) is 7.82. The molecule has 0 radical (unpaired) electrons. The Morgan fingerprint density at radius 1 is 1.32 bits per heavy atom. The second-order valence-electron chi connectivity index (χ2n) is 5.11. The highest BCUT2D eigenvalue weighted by atomic mass is 32.2. The van der Waals surface area contributed by atoms with Crippen LogP contribution in [0.25, 0.3) is 0 Å². The number of nitrogens with one attached hydrogen (secondary N) is 1. The van der Waals surface area contributed by atoms with Crippen molar-refractivity contribution in [2.75, 3.05) is 11.6 Å². The van der Waals surface area contributed by atoms with Crippen LogP contribution >= 0.6 is 0 Å². The lowest BCUT2D eigenvalue weighted by Gasteiger charge is -2.23. The van der Waals surface area contributed by atoms with Crippen molar-refractivity contribution in [1.82, 2.24) is 0 Å². The molecule has 0 aliphatic heterocycles. The number of benzene rings is 1. The molecule has 0 saturated carbocycles. The molecule has 0 saturated heterocycles. The van der Waals surface area contributed by atoms with Crippen LogP contribution in [0, 0.1) is 0 Å². The Kier molecular flexibility index (Phi) is 4.37. The monoisotopic (exact) mass is 284 g/mol. The molecule has 1 aromatic rings. The van der Waals surface area contributed by atoms with Crippen LogP contribution in [0.1, 0.15) is 32.4 Å². The molecule has 0 aliphatic rings. The number of nitrogens with two attached hydrogens (primary N) is 1. The molecule has 0 bridgehead atoms. The van der Waals surface area contributed by atoms with Crippen LogP contribution in [-0.2, 0) is 14.6 Å². The van der Waals surface area contributed by atoms with Gasteiger partial charge < -0.3 is 11.1 Å². The van der Waals surface area contributed by atoms with Crippen LogP contribution in [0.15, 0.2) is 24.3 Å². The van der Waals surface area contributed by atoms with Crippen LogP contribution in [0.3, 0.4) is 0 Å². The van der Waals surface area contributed by atoms with Gasteiger partial charge in [0, 0.05) is 18.0 Å². The summed E-state index contributed by atoms with van der Waals surface area (Å²) in [7, 11) is -3.50. The van der Waals surface area contributed by atoms with Gasteiger partial charge in [-0.05, 0) is 32.4 Å². The van der Waals surface area contributed by atoms with Crippen LogP contribution in [0.2, 0.25) is 0 Å². The Morgan fingerprint density at radius 2 is 1.84 bits per heavy atom. The number of para-hydroxylation sites is 1. The van der Waals surface area contributed by atoms with E-state index >= 15 is 0 Å². The second-order valence-corrected chi connectivity index (χ2v) is 7.68. The average Bonchev–Trinajstić information content (AvgIpc) is 2.27. The first-order valence-electron chi connectivity index (χ1n) is 5.93. The van der Waals surface area contributed by atoms with Crippen molar-refractivity contribution in [2.45, 2.75) is 31.6 Å². The molecule has 19 heavy (non-hydrogen) atoms. The smallest absolute Gasteiger partial charge is 0.245 e. The Balaban J connectivity index is 3.08. The minimum Gasteiger partial charge on any atom is -0.324 e. The zero-order chi connectivity index (χ0) is 14.8. The number of hydrogen-bond donors (Lipinski definition) is 2. The molecular weight excluding hydrogens is 264 g/mol. The van der Waals surface area contributed by atoms with E-state index in [9.17, 15) is 13.2 Å². The van der Waals surface area contributed by atoms with Gasteiger partial charge in [-0.1, -0.05) is 18.2 Å². The van der Waals surface area contributed by atoms with E-state index in [4.69, 9.17) is 5.73 Å². The van der Waals surface area contributed by atoms with Crippen LogP contribution in [-0.4, -0.2) is 25.3 Å². The van der Waals surface area contributed by atoms with Crippen molar-refractivity contribution in [1.29, 1.82) is 0 Å². The lowest BCUT2D eigenvalue weighted by atomic mass is 10.1. The Bertz CT molecular complexity index is 577. The van der Waals surface area contributed by atoms with Crippen LogP contribution in [0.4, 0.5) is 5.69 Å². The zero-order valence-corrected chi connectivity index (χ0v) is 12.4. The third-order valence-corrected chi connectivity index (χ3v) is 5.21. The zero-order valence-electron chi connectivity index (χ0n) is 11.6. The maximum absolute atomic E-state index is 12.1. The second kappa shape index (κ2) is 5.30. The molecule has 5 nitrogen and oxygen atoms in total. The van der Waals surface area contributed by atoms with Gasteiger partial charge >= 0.3 is 0 Å². The highest BCUT2D eigenvalue weighted by Gasteiger charge is 2.38. The number of hydrogen-bond acceptors (Lipinski definition) is 4. The highest BCUT2D eigenvalue weighted by molar-refractivity contribution is 7.92. The van der Waals surface area contributed by atoms with Gasteiger partial charge in [0.1, 0.15) is 4.75 Å². The summed E-state index contributed by atoms with van der Waals surface area (Å²) in [5.74, 6) is -0.567. The molecular formula is C13H20N2O3S. The fourth-order valence-electron chi connectivity index (χ4n) is 1.45. The molecule has 1 unspecified atom stereocenters. The normalized spacial score (nSPS) is 13.9. The molecule has 106 valence electrons. The number of carbonyl (C=O) groups excluding carboxylic acids is 1. The molecule has 0 aromatic heterocycles. The molecule has 1 amide bonds. The minimum absolute atomic E-state index is 0.252. The first kappa shape index (κ1) is 15.7. The predicted octanol–water partition coefficient (Wildman–Crippen LogP) is 1.47. The van der Waals surface area contributed by atoms with Gasteiger partial charge in [-0.15, -0.1) is 0 Å². The topological polar surface area (TPSA) is 89.3 Å². The lowest BCUT2D eigenvalue weighted by Crippen LogP contribution is -2.44. The van der Waals surface area contributed by atoms with E-state index in [2.05, 4.69) is 5.32 Å². The average molecular weight is 284 g/mol. The van der Waals surface area contributed by atoms with Crippen LogP contribution in [0.5, 0.6) is 0 Å². The number of sulfone groups is 1. The molecule has 1 aromatic carbocycles. The van der Waals surface area contributed by atoms with Gasteiger partial charge in [0.15, 0.2) is 9.84 Å². The summed E-state index contributed by atoms with van der Waals surface area (Å²) in [5, 5.41) is 2.64. The number of amides is 1. The number of carbonyl (C=O) groups is 1. The van der Waals surface area contributed by atoms with E-state index in [1.807, 2.05) is 6.07 Å². The van der Waals surface area contributed by atoms with E-state index in [0.29, 0.717) is 5.69 Å². The Hall–Kier alpha value is -1.40. The molecule has 1 atom stereocenters. The van der Waals surface area contributed by atoms with Gasteiger partial charge in [0.25, 0.3) is 0 Å². The predicted molar refractivity (Wildman–Crippen MR) is 76.6 cm³/mol. The molecule has 0 aliphatic carbocycles. The van der Waals surface area contributed by atoms with Gasteiger partial charge in [0.2, 0.25) is 5.91 Å². The van der Waals surface area contributed by atoms with Crippen LogP contribution < -0.4 is 11.1 Å². The van der Waals surface area contributed by atoms with E-state index in [1.165, 1.54) is 13.8 Å². The third kappa shape index (κ3) is 3.33. The van der Waals surface area contributed by atoms with Gasteiger partial charge in [-0.3, -0.25) is 4.79 Å². The SMILES string of the molecule is CC(N)c1ccccc1NC(=O)C(C)(C)S(C)(=O)=O. The summed E-state index contributed by atoms with van der Waals surface area (Å²) in [5.41, 5.74) is 7.12. The summed E-state index contributed by atoms with van der Waals surface area (Å²) >= 11 is 0. The van der Waals surface area contributed by atoms with Crippen molar-refractivity contribution < 1.29 is 13.2 Å². The summed E-state index contributed by atoms with van der Waals surface area (Å²) in [6.45, 7) is 4.56. The minimum atomic E-state index is -3.50. The maximum Gasteiger partial charge on any atom is 0.245 e. The highest BCUT2D eigenvalue weighted by Crippen LogP contribution is 2.24. The van der Waals surface area contributed by atoms with Gasteiger partial charge in [-0.25, -0.2) is 8.42 Å². The quantitative estimate of drug-likeness (QED) is 0.876.